The van der Waals surface area contributed by atoms with Crippen LogP contribution in [0.1, 0.15) is 44.0 Å². The monoisotopic (exact) mass is 355 g/mol. The summed E-state index contributed by atoms with van der Waals surface area (Å²) < 4.78 is 7.38. The van der Waals surface area contributed by atoms with Crippen LogP contribution < -0.4 is 10.5 Å². The summed E-state index contributed by atoms with van der Waals surface area (Å²) in [4.78, 5) is 2.47. The second-order valence-electron chi connectivity index (χ2n) is 7.48. The minimum absolute atomic E-state index is 0.410. The fraction of sp³-hybridized carbons (Fsp3) is 0.500. The molecule has 1 aromatic carbocycles. The summed E-state index contributed by atoms with van der Waals surface area (Å²) >= 11 is 0. The van der Waals surface area contributed by atoms with Crippen LogP contribution in [0.25, 0.3) is 6.08 Å². The maximum atomic E-state index is 6.10. The van der Waals surface area contributed by atoms with Gasteiger partial charge in [0.15, 0.2) is 0 Å². The highest BCUT2D eigenvalue weighted by atomic mass is 16.5. The van der Waals surface area contributed by atoms with Crippen molar-refractivity contribution in [1.29, 1.82) is 0 Å². The van der Waals surface area contributed by atoms with Crippen LogP contribution in [0.3, 0.4) is 0 Å². The molecule has 1 aromatic heterocycles. The summed E-state index contributed by atoms with van der Waals surface area (Å²) in [7, 11) is 1.71. The molecular weight excluding hydrogens is 326 g/mol. The molecule has 1 aliphatic heterocycles. The summed E-state index contributed by atoms with van der Waals surface area (Å²) in [5.41, 5.74) is 7.62. The van der Waals surface area contributed by atoms with Crippen LogP contribution in [0, 0.1) is 0 Å². The Bertz CT molecular complexity index is 739. The Labute approximate surface area is 155 Å². The molecule has 0 amide bonds. The van der Waals surface area contributed by atoms with Crippen molar-refractivity contribution >= 4 is 6.08 Å². The SMILES string of the molecule is COc1ccccc1C=CCN1CCC(n2cc(C(C)(C)N)nn2)CC1. The molecule has 2 N–H and O–H groups in total. The molecule has 1 fully saturated rings. The molecular formula is C20H29N5O. The third-order valence-electron chi connectivity index (χ3n) is 4.90. The van der Waals surface area contributed by atoms with Crippen LogP contribution in [-0.2, 0) is 5.54 Å². The lowest BCUT2D eigenvalue weighted by molar-refractivity contribution is 0.194. The summed E-state index contributed by atoms with van der Waals surface area (Å²) in [5, 5.41) is 8.53. The molecule has 0 bridgehead atoms. The highest BCUT2D eigenvalue weighted by molar-refractivity contribution is 5.57. The molecule has 0 unspecified atom stereocenters. The van der Waals surface area contributed by atoms with Gasteiger partial charge in [0.2, 0.25) is 0 Å². The van der Waals surface area contributed by atoms with Gasteiger partial charge in [-0.2, -0.15) is 0 Å². The van der Waals surface area contributed by atoms with Gasteiger partial charge in [-0.25, -0.2) is 4.68 Å². The first-order valence-corrected chi connectivity index (χ1v) is 9.20. The Balaban J connectivity index is 1.51. The topological polar surface area (TPSA) is 69.2 Å². The molecule has 0 saturated carbocycles. The van der Waals surface area contributed by atoms with E-state index in [1.165, 1.54) is 0 Å². The van der Waals surface area contributed by atoms with Crippen LogP contribution in [0.4, 0.5) is 0 Å². The Kier molecular flexibility index (Phi) is 5.74. The molecule has 0 atom stereocenters. The normalized spacial score (nSPS) is 17.1. The van der Waals surface area contributed by atoms with Gasteiger partial charge in [-0.05, 0) is 32.8 Å². The Morgan fingerprint density at radius 1 is 1.27 bits per heavy atom. The lowest BCUT2D eigenvalue weighted by atomic mass is 10.0. The van der Waals surface area contributed by atoms with Crippen LogP contribution in [0.2, 0.25) is 0 Å². The molecule has 6 nitrogen and oxygen atoms in total. The fourth-order valence-corrected chi connectivity index (χ4v) is 3.25. The lowest BCUT2D eigenvalue weighted by Gasteiger charge is -2.31. The number of piperidine rings is 1. The van der Waals surface area contributed by atoms with Crippen molar-refractivity contribution in [3.63, 3.8) is 0 Å². The zero-order valence-electron chi connectivity index (χ0n) is 15.9. The van der Waals surface area contributed by atoms with Gasteiger partial charge in [-0.3, -0.25) is 4.90 Å². The minimum Gasteiger partial charge on any atom is -0.496 e. The van der Waals surface area contributed by atoms with Crippen LogP contribution >= 0.6 is 0 Å². The van der Waals surface area contributed by atoms with Gasteiger partial charge >= 0.3 is 0 Å². The van der Waals surface area contributed by atoms with E-state index in [0.717, 1.165) is 49.5 Å². The molecule has 0 spiro atoms. The Hall–Kier alpha value is -2.18. The predicted octanol–water partition coefficient (Wildman–Crippen LogP) is 2.83. The summed E-state index contributed by atoms with van der Waals surface area (Å²) in [6.07, 6.45) is 8.51. The number of methoxy groups -OCH3 is 1. The average molecular weight is 355 g/mol. The first kappa shape index (κ1) is 18.6. The quantitative estimate of drug-likeness (QED) is 0.863. The van der Waals surface area contributed by atoms with Gasteiger partial charge < -0.3 is 10.5 Å². The minimum atomic E-state index is -0.442. The molecule has 2 aromatic rings. The van der Waals surface area contributed by atoms with Gasteiger partial charge in [0.05, 0.1) is 24.9 Å². The number of rotatable bonds is 6. The second kappa shape index (κ2) is 8.01. The van der Waals surface area contributed by atoms with Gasteiger partial charge in [0, 0.05) is 25.2 Å². The number of hydrogen-bond donors (Lipinski definition) is 1. The molecule has 0 radical (unpaired) electrons. The molecule has 1 saturated heterocycles. The smallest absolute Gasteiger partial charge is 0.126 e. The van der Waals surface area contributed by atoms with E-state index >= 15 is 0 Å². The number of aromatic nitrogens is 3. The maximum absolute atomic E-state index is 6.10. The van der Waals surface area contributed by atoms with E-state index in [4.69, 9.17) is 10.5 Å². The molecule has 3 rings (SSSR count). The van der Waals surface area contributed by atoms with Crippen LogP contribution in [0.15, 0.2) is 36.5 Å². The fourth-order valence-electron chi connectivity index (χ4n) is 3.25. The highest BCUT2D eigenvalue weighted by Crippen LogP contribution is 2.24. The van der Waals surface area contributed by atoms with E-state index in [9.17, 15) is 0 Å². The zero-order valence-corrected chi connectivity index (χ0v) is 15.9. The van der Waals surface area contributed by atoms with E-state index < -0.39 is 5.54 Å². The van der Waals surface area contributed by atoms with E-state index in [1.54, 1.807) is 7.11 Å². The molecule has 2 heterocycles. The van der Waals surface area contributed by atoms with E-state index in [2.05, 4.69) is 33.4 Å². The van der Waals surface area contributed by atoms with E-state index in [-0.39, 0.29) is 0 Å². The first-order valence-electron chi connectivity index (χ1n) is 9.20. The number of ether oxygens (including phenoxy) is 1. The third kappa shape index (κ3) is 4.51. The number of para-hydroxylation sites is 1. The van der Waals surface area contributed by atoms with Crippen LogP contribution in [0.5, 0.6) is 5.75 Å². The van der Waals surface area contributed by atoms with Crippen LogP contribution in [-0.4, -0.2) is 46.6 Å². The van der Waals surface area contributed by atoms with E-state index in [0.29, 0.717) is 6.04 Å². The molecule has 26 heavy (non-hydrogen) atoms. The number of benzene rings is 1. The van der Waals surface area contributed by atoms with Gasteiger partial charge in [0.1, 0.15) is 11.4 Å². The molecule has 6 heteroatoms. The second-order valence-corrected chi connectivity index (χ2v) is 7.48. The third-order valence-corrected chi connectivity index (χ3v) is 4.90. The summed E-state index contributed by atoms with van der Waals surface area (Å²) in [6.45, 7) is 6.98. The highest BCUT2D eigenvalue weighted by Gasteiger charge is 2.24. The van der Waals surface area contributed by atoms with Gasteiger partial charge in [0.25, 0.3) is 0 Å². The number of likely N-dealkylation sites (tertiary alicyclic amines) is 1. The van der Waals surface area contributed by atoms with Crippen molar-refractivity contribution in [3.8, 4) is 5.75 Å². The number of nitrogens with zero attached hydrogens (tertiary/aromatic N) is 4. The maximum Gasteiger partial charge on any atom is 0.126 e. The molecule has 140 valence electrons. The van der Waals surface area contributed by atoms with E-state index in [1.807, 2.05) is 42.9 Å². The van der Waals surface area contributed by atoms with Crippen molar-refractivity contribution in [1.82, 2.24) is 19.9 Å². The van der Waals surface area contributed by atoms with Crippen molar-refractivity contribution in [2.75, 3.05) is 26.7 Å². The standard InChI is InChI=1S/C20H29N5O/c1-20(2,21)19-15-25(23-22-19)17-10-13-24(14-11-17)12-6-8-16-7-4-5-9-18(16)26-3/h4-9,15,17H,10-14,21H2,1-3H3. The summed E-state index contributed by atoms with van der Waals surface area (Å²) in [6, 6.07) is 8.49. The predicted molar refractivity (Wildman–Crippen MR) is 104 cm³/mol. The van der Waals surface area contributed by atoms with Gasteiger partial charge in [-0.15, -0.1) is 5.10 Å². The Morgan fingerprint density at radius 2 is 2.00 bits per heavy atom. The largest absolute Gasteiger partial charge is 0.496 e. The van der Waals surface area contributed by atoms with Gasteiger partial charge in [-0.1, -0.05) is 35.6 Å². The number of nitrogens with two attached hydrogens (primary N) is 1. The van der Waals surface area contributed by atoms with Crippen molar-refractivity contribution in [3.05, 3.63) is 47.8 Å². The number of hydrogen-bond acceptors (Lipinski definition) is 5. The molecule has 0 aliphatic carbocycles. The lowest BCUT2D eigenvalue weighted by Crippen LogP contribution is -2.35. The Morgan fingerprint density at radius 3 is 2.65 bits per heavy atom. The first-order chi connectivity index (χ1) is 12.5. The summed E-state index contributed by atoms with van der Waals surface area (Å²) in [5.74, 6) is 0.910. The van der Waals surface area contributed by atoms with Crippen molar-refractivity contribution in [2.24, 2.45) is 5.73 Å². The average Bonchev–Trinajstić information content (AvgIpc) is 3.13. The molecule has 1 aliphatic rings. The zero-order chi connectivity index (χ0) is 18.6. The van der Waals surface area contributed by atoms with Crippen molar-refractivity contribution in [2.45, 2.75) is 38.3 Å². The van der Waals surface area contributed by atoms with Crippen molar-refractivity contribution < 1.29 is 4.74 Å².